The second kappa shape index (κ2) is 5.83. The Hall–Kier alpha value is -0.120. The zero-order valence-electron chi connectivity index (χ0n) is 10.2. The molecular weight excluding hydrogens is 188 g/mol. The van der Waals surface area contributed by atoms with Crippen LogP contribution in [0.4, 0.5) is 0 Å². The highest BCUT2D eigenvalue weighted by Crippen LogP contribution is 2.30. The van der Waals surface area contributed by atoms with E-state index in [0.29, 0.717) is 6.54 Å². The van der Waals surface area contributed by atoms with Crippen LogP contribution in [0.5, 0.6) is 0 Å². The van der Waals surface area contributed by atoms with Crippen LogP contribution in [0.15, 0.2) is 0 Å². The topological polar surface area (TPSA) is 49.5 Å². The molecule has 2 atom stereocenters. The van der Waals surface area contributed by atoms with Gasteiger partial charge in [-0.1, -0.05) is 13.3 Å². The van der Waals surface area contributed by atoms with Crippen LogP contribution in [0.3, 0.4) is 0 Å². The van der Waals surface area contributed by atoms with E-state index in [-0.39, 0.29) is 18.1 Å². The standard InChI is InChI=1S/C12H26N2O/c1-3-12(2,11(9-13)10-15)14-7-5-4-6-8-14/h11,15H,3-10,13H2,1-2H3/t11-,12+/m1/s1. The van der Waals surface area contributed by atoms with E-state index in [1.807, 2.05) is 0 Å². The Kier molecular flexibility index (Phi) is 5.03. The Bertz CT molecular complexity index is 176. The first-order valence-corrected chi connectivity index (χ1v) is 6.25. The van der Waals surface area contributed by atoms with E-state index >= 15 is 0 Å². The molecule has 0 spiro atoms. The number of rotatable bonds is 5. The highest BCUT2D eigenvalue weighted by molar-refractivity contribution is 4.93. The molecule has 0 aromatic rings. The summed E-state index contributed by atoms with van der Waals surface area (Å²) in [4.78, 5) is 2.53. The molecule has 1 aliphatic rings. The van der Waals surface area contributed by atoms with Crippen molar-refractivity contribution < 1.29 is 5.11 Å². The van der Waals surface area contributed by atoms with Crippen molar-refractivity contribution in [3.8, 4) is 0 Å². The molecule has 0 radical (unpaired) electrons. The minimum absolute atomic E-state index is 0.0872. The normalized spacial score (nSPS) is 24.8. The summed E-state index contributed by atoms with van der Waals surface area (Å²) in [5.74, 6) is 0.209. The molecule has 0 amide bonds. The predicted octanol–water partition coefficient (Wildman–Crippen LogP) is 1.21. The molecule has 0 aliphatic carbocycles. The lowest BCUT2D eigenvalue weighted by Gasteiger charge is -2.47. The number of nitrogens with two attached hydrogens (primary N) is 1. The van der Waals surface area contributed by atoms with Crippen LogP contribution in [-0.2, 0) is 0 Å². The van der Waals surface area contributed by atoms with Gasteiger partial charge in [0, 0.05) is 18.1 Å². The monoisotopic (exact) mass is 214 g/mol. The number of hydrogen-bond acceptors (Lipinski definition) is 3. The molecule has 90 valence electrons. The largest absolute Gasteiger partial charge is 0.396 e. The molecule has 3 heteroatoms. The van der Waals surface area contributed by atoms with Crippen molar-refractivity contribution in [2.45, 2.75) is 45.1 Å². The summed E-state index contributed by atoms with van der Waals surface area (Å²) >= 11 is 0. The van der Waals surface area contributed by atoms with E-state index < -0.39 is 0 Å². The molecule has 1 saturated heterocycles. The van der Waals surface area contributed by atoms with Crippen molar-refractivity contribution in [2.24, 2.45) is 11.7 Å². The summed E-state index contributed by atoms with van der Waals surface area (Å²) in [6.07, 6.45) is 4.99. The Morgan fingerprint density at radius 3 is 2.33 bits per heavy atom. The van der Waals surface area contributed by atoms with E-state index in [2.05, 4.69) is 18.7 Å². The smallest absolute Gasteiger partial charge is 0.0489 e. The summed E-state index contributed by atoms with van der Waals surface area (Å²) in [5.41, 5.74) is 5.85. The molecule has 1 heterocycles. The Morgan fingerprint density at radius 1 is 1.33 bits per heavy atom. The van der Waals surface area contributed by atoms with Crippen LogP contribution < -0.4 is 5.73 Å². The van der Waals surface area contributed by atoms with Crippen molar-refractivity contribution in [2.75, 3.05) is 26.2 Å². The van der Waals surface area contributed by atoms with Crippen molar-refractivity contribution in [3.05, 3.63) is 0 Å². The van der Waals surface area contributed by atoms with Gasteiger partial charge in [-0.2, -0.15) is 0 Å². The second-order valence-electron chi connectivity index (χ2n) is 4.87. The maximum Gasteiger partial charge on any atom is 0.0489 e. The predicted molar refractivity (Wildman–Crippen MR) is 63.8 cm³/mol. The number of piperidine rings is 1. The molecule has 1 fully saturated rings. The van der Waals surface area contributed by atoms with Crippen LogP contribution in [0.25, 0.3) is 0 Å². The van der Waals surface area contributed by atoms with Gasteiger partial charge in [-0.15, -0.1) is 0 Å². The first-order chi connectivity index (χ1) is 7.19. The number of hydrogen-bond donors (Lipinski definition) is 2. The fourth-order valence-corrected chi connectivity index (χ4v) is 2.70. The zero-order chi connectivity index (χ0) is 11.3. The maximum absolute atomic E-state index is 9.42. The van der Waals surface area contributed by atoms with Gasteiger partial charge in [0.25, 0.3) is 0 Å². The molecule has 0 bridgehead atoms. The van der Waals surface area contributed by atoms with Crippen LogP contribution in [0, 0.1) is 5.92 Å². The van der Waals surface area contributed by atoms with E-state index in [9.17, 15) is 5.11 Å². The van der Waals surface area contributed by atoms with Gasteiger partial charge in [-0.3, -0.25) is 4.90 Å². The molecule has 0 aromatic heterocycles. The maximum atomic E-state index is 9.42. The van der Waals surface area contributed by atoms with Crippen LogP contribution in [0.1, 0.15) is 39.5 Å². The number of likely N-dealkylation sites (tertiary alicyclic amines) is 1. The highest BCUT2D eigenvalue weighted by atomic mass is 16.3. The van der Waals surface area contributed by atoms with Crippen LogP contribution >= 0.6 is 0 Å². The summed E-state index contributed by atoms with van der Waals surface area (Å²) in [6, 6.07) is 0. The van der Waals surface area contributed by atoms with Crippen molar-refractivity contribution in [3.63, 3.8) is 0 Å². The molecule has 0 unspecified atom stereocenters. The minimum Gasteiger partial charge on any atom is -0.396 e. The van der Waals surface area contributed by atoms with Crippen molar-refractivity contribution in [1.29, 1.82) is 0 Å². The molecule has 0 saturated carbocycles. The lowest BCUT2D eigenvalue weighted by Crippen LogP contribution is -2.56. The van der Waals surface area contributed by atoms with Gasteiger partial charge in [-0.25, -0.2) is 0 Å². The van der Waals surface area contributed by atoms with Crippen molar-refractivity contribution >= 4 is 0 Å². The number of nitrogens with zero attached hydrogens (tertiary/aromatic N) is 1. The van der Waals surface area contributed by atoms with Crippen molar-refractivity contribution in [1.82, 2.24) is 4.90 Å². The van der Waals surface area contributed by atoms with Gasteiger partial charge >= 0.3 is 0 Å². The molecule has 1 rings (SSSR count). The second-order valence-corrected chi connectivity index (χ2v) is 4.87. The minimum atomic E-state index is 0.0872. The third-order valence-corrected chi connectivity index (χ3v) is 4.18. The lowest BCUT2D eigenvalue weighted by atomic mass is 9.81. The first-order valence-electron chi connectivity index (χ1n) is 6.25. The Labute approximate surface area is 93.6 Å². The van der Waals surface area contributed by atoms with E-state index in [4.69, 9.17) is 5.73 Å². The molecule has 3 nitrogen and oxygen atoms in total. The quantitative estimate of drug-likeness (QED) is 0.723. The first kappa shape index (κ1) is 12.9. The van der Waals surface area contributed by atoms with Gasteiger partial charge in [-0.05, 0) is 45.8 Å². The highest BCUT2D eigenvalue weighted by Gasteiger charge is 2.37. The van der Waals surface area contributed by atoms with E-state index in [0.717, 1.165) is 6.42 Å². The van der Waals surface area contributed by atoms with Gasteiger partial charge in [0.05, 0.1) is 0 Å². The van der Waals surface area contributed by atoms with Gasteiger partial charge in [0.15, 0.2) is 0 Å². The fraction of sp³-hybridized carbons (Fsp3) is 1.00. The Morgan fingerprint density at radius 2 is 1.93 bits per heavy atom. The SMILES string of the molecule is CC[C@@](C)([C@H](CN)CO)N1CCCCC1. The van der Waals surface area contributed by atoms with Crippen LogP contribution in [0.2, 0.25) is 0 Å². The van der Waals surface area contributed by atoms with Gasteiger partial charge in [0.1, 0.15) is 0 Å². The van der Waals surface area contributed by atoms with E-state index in [1.165, 1.54) is 32.4 Å². The van der Waals surface area contributed by atoms with Crippen LogP contribution in [-0.4, -0.2) is 41.8 Å². The molecule has 3 N–H and O–H groups in total. The molecule has 15 heavy (non-hydrogen) atoms. The Balaban J connectivity index is 2.71. The third-order valence-electron chi connectivity index (χ3n) is 4.18. The molecule has 0 aromatic carbocycles. The van der Waals surface area contributed by atoms with E-state index in [1.54, 1.807) is 0 Å². The fourth-order valence-electron chi connectivity index (χ4n) is 2.70. The molecule has 1 aliphatic heterocycles. The average Bonchev–Trinajstić information content (AvgIpc) is 2.31. The zero-order valence-corrected chi connectivity index (χ0v) is 10.2. The summed E-state index contributed by atoms with van der Waals surface area (Å²) < 4.78 is 0. The lowest BCUT2D eigenvalue weighted by molar-refractivity contribution is 0.00650. The number of aliphatic hydroxyl groups is 1. The summed E-state index contributed by atoms with van der Waals surface area (Å²) in [6.45, 7) is 7.58. The number of aliphatic hydroxyl groups excluding tert-OH is 1. The van der Waals surface area contributed by atoms with Gasteiger partial charge in [0.2, 0.25) is 0 Å². The summed E-state index contributed by atoms with van der Waals surface area (Å²) in [5, 5.41) is 9.42. The summed E-state index contributed by atoms with van der Waals surface area (Å²) in [7, 11) is 0. The third kappa shape index (κ3) is 2.71. The average molecular weight is 214 g/mol. The van der Waals surface area contributed by atoms with Gasteiger partial charge < -0.3 is 10.8 Å². The molecular formula is C12H26N2O.